The molecule has 1 aliphatic heterocycles. The van der Waals surface area contributed by atoms with Gasteiger partial charge in [0.15, 0.2) is 0 Å². The van der Waals surface area contributed by atoms with Gasteiger partial charge in [-0.3, -0.25) is 24.2 Å². The second-order valence-corrected chi connectivity index (χ2v) is 5.77. The first-order valence-corrected chi connectivity index (χ1v) is 7.90. The lowest BCUT2D eigenvalue weighted by atomic mass is 10.2. The molecule has 0 atom stereocenters. The lowest BCUT2D eigenvalue weighted by Gasteiger charge is -2.30. The van der Waals surface area contributed by atoms with Crippen molar-refractivity contribution < 1.29 is 0 Å². The Morgan fingerprint density at radius 3 is 2.96 bits per heavy atom. The van der Waals surface area contributed by atoms with E-state index in [1.807, 2.05) is 12.1 Å². The van der Waals surface area contributed by atoms with Crippen molar-refractivity contribution in [2.24, 2.45) is 0 Å². The van der Waals surface area contributed by atoms with E-state index in [-0.39, 0.29) is 5.56 Å². The van der Waals surface area contributed by atoms with Crippen LogP contribution in [0.15, 0.2) is 34.1 Å². The molecule has 0 saturated heterocycles. The summed E-state index contributed by atoms with van der Waals surface area (Å²) in [6, 6.07) is 3.74. The van der Waals surface area contributed by atoms with Crippen molar-refractivity contribution in [3.05, 3.63) is 56.5 Å². The molecule has 122 valence electrons. The molecule has 0 radical (unpaired) electrons. The van der Waals surface area contributed by atoms with Crippen molar-refractivity contribution >= 4 is 5.82 Å². The number of nitrogens with zero attached hydrogens (tertiary/aromatic N) is 3. The van der Waals surface area contributed by atoms with Crippen molar-refractivity contribution in [1.82, 2.24) is 19.4 Å². The third kappa shape index (κ3) is 3.34. The predicted molar refractivity (Wildman–Crippen MR) is 88.5 cm³/mol. The second-order valence-electron chi connectivity index (χ2n) is 5.77. The predicted octanol–water partition coefficient (Wildman–Crippen LogP) is 0.965. The van der Waals surface area contributed by atoms with Crippen molar-refractivity contribution in [2.75, 3.05) is 18.5 Å². The Balaban J connectivity index is 1.93. The van der Waals surface area contributed by atoms with E-state index in [9.17, 15) is 9.59 Å². The molecule has 2 aromatic heterocycles. The van der Waals surface area contributed by atoms with E-state index >= 15 is 0 Å². The summed E-state index contributed by atoms with van der Waals surface area (Å²) >= 11 is 0. The Labute approximate surface area is 134 Å². The first-order valence-electron chi connectivity index (χ1n) is 7.90. The number of anilines is 1. The third-order valence-corrected chi connectivity index (χ3v) is 4.04. The van der Waals surface area contributed by atoms with E-state index in [0.717, 1.165) is 24.9 Å². The maximum Gasteiger partial charge on any atom is 0.330 e. The molecule has 0 aromatic carbocycles. The zero-order chi connectivity index (χ0) is 16.2. The highest BCUT2D eigenvalue weighted by atomic mass is 16.2. The lowest BCUT2D eigenvalue weighted by Crippen LogP contribution is -2.43. The van der Waals surface area contributed by atoms with Crippen LogP contribution in [0.4, 0.5) is 5.82 Å². The van der Waals surface area contributed by atoms with Crippen LogP contribution in [0.25, 0.3) is 0 Å². The minimum atomic E-state index is -0.396. The van der Waals surface area contributed by atoms with Crippen LogP contribution in [0.1, 0.15) is 30.9 Å². The molecule has 0 unspecified atom stereocenters. The van der Waals surface area contributed by atoms with Crippen LogP contribution in [-0.2, 0) is 13.1 Å². The molecule has 3 heterocycles. The highest BCUT2D eigenvalue weighted by Crippen LogP contribution is 2.18. The van der Waals surface area contributed by atoms with Gasteiger partial charge in [0, 0.05) is 25.5 Å². The summed E-state index contributed by atoms with van der Waals surface area (Å²) in [6.45, 7) is 4.66. The highest BCUT2D eigenvalue weighted by Gasteiger charge is 2.22. The quantitative estimate of drug-likeness (QED) is 0.859. The lowest BCUT2D eigenvalue weighted by molar-refractivity contribution is 0.267. The fraction of sp³-hybridized carbons (Fsp3) is 0.438. The number of nitrogens with one attached hydrogen (secondary N) is 2. The molecule has 0 aliphatic carbocycles. The van der Waals surface area contributed by atoms with Gasteiger partial charge in [-0.15, -0.1) is 0 Å². The van der Waals surface area contributed by atoms with Crippen LogP contribution in [-0.4, -0.2) is 32.6 Å². The minimum Gasteiger partial charge on any atom is -0.358 e. The summed E-state index contributed by atoms with van der Waals surface area (Å²) < 4.78 is 1.57. The summed E-state index contributed by atoms with van der Waals surface area (Å²) in [5.74, 6) is 0.621. The van der Waals surface area contributed by atoms with Gasteiger partial charge in [0.25, 0.3) is 5.56 Å². The number of fused-ring (bicyclic) bond motifs is 1. The Bertz CT molecular complexity index is 781. The molecule has 1 aliphatic rings. The summed E-state index contributed by atoms with van der Waals surface area (Å²) in [6.07, 6.45) is 5.61. The number of pyridine rings is 1. The number of hydrogen-bond acceptors (Lipinski definition) is 5. The summed E-state index contributed by atoms with van der Waals surface area (Å²) in [5.41, 5.74) is 0.836. The van der Waals surface area contributed by atoms with Crippen molar-refractivity contribution in [3.8, 4) is 0 Å². The number of aromatic amines is 1. The molecule has 7 nitrogen and oxygen atoms in total. The first kappa shape index (κ1) is 15.5. The van der Waals surface area contributed by atoms with Gasteiger partial charge >= 0.3 is 5.69 Å². The Morgan fingerprint density at radius 1 is 1.35 bits per heavy atom. The molecule has 0 saturated carbocycles. The molecule has 0 spiro atoms. The molecule has 0 fully saturated rings. The minimum absolute atomic E-state index is 0.305. The number of aromatic nitrogens is 3. The van der Waals surface area contributed by atoms with Crippen molar-refractivity contribution in [3.63, 3.8) is 0 Å². The van der Waals surface area contributed by atoms with Crippen LogP contribution in [0, 0.1) is 0 Å². The highest BCUT2D eigenvalue weighted by molar-refractivity contribution is 5.45. The molecular formula is C16H21N5O2. The van der Waals surface area contributed by atoms with Gasteiger partial charge in [0.2, 0.25) is 0 Å². The van der Waals surface area contributed by atoms with Crippen LogP contribution in [0.5, 0.6) is 0 Å². The zero-order valence-electron chi connectivity index (χ0n) is 13.2. The molecule has 0 bridgehead atoms. The summed E-state index contributed by atoms with van der Waals surface area (Å²) in [5, 5.41) is 3.24. The Kier molecular flexibility index (Phi) is 4.57. The Morgan fingerprint density at radius 2 is 2.22 bits per heavy atom. The Hall–Kier alpha value is -2.41. The number of H-pyrrole nitrogens is 1. The molecule has 3 rings (SSSR count). The monoisotopic (exact) mass is 315 g/mol. The number of unbranched alkanes of at least 4 members (excludes halogenated alkanes) is 1. The van der Waals surface area contributed by atoms with Crippen LogP contribution in [0.3, 0.4) is 0 Å². The zero-order valence-corrected chi connectivity index (χ0v) is 13.2. The van der Waals surface area contributed by atoms with E-state index < -0.39 is 5.69 Å². The van der Waals surface area contributed by atoms with Crippen molar-refractivity contribution in [1.29, 1.82) is 0 Å². The normalized spacial score (nSPS) is 14.3. The van der Waals surface area contributed by atoms with Crippen molar-refractivity contribution in [2.45, 2.75) is 32.9 Å². The van der Waals surface area contributed by atoms with Crippen LogP contribution < -0.4 is 16.6 Å². The van der Waals surface area contributed by atoms with E-state index in [1.165, 1.54) is 0 Å². The summed E-state index contributed by atoms with van der Waals surface area (Å²) in [7, 11) is 0. The second kappa shape index (κ2) is 6.78. The molecule has 2 aromatic rings. The van der Waals surface area contributed by atoms with E-state index in [0.29, 0.717) is 31.1 Å². The third-order valence-electron chi connectivity index (χ3n) is 4.04. The number of hydrogen-bond donors (Lipinski definition) is 2. The van der Waals surface area contributed by atoms with Gasteiger partial charge in [-0.1, -0.05) is 19.4 Å². The SMILES string of the molecule is CCCCN1CNc2c(c(=O)[nH]c(=O)n2Cc2cccnc2)C1. The van der Waals surface area contributed by atoms with Crippen LogP contribution in [0.2, 0.25) is 0 Å². The fourth-order valence-electron chi connectivity index (χ4n) is 2.79. The van der Waals surface area contributed by atoms with E-state index in [4.69, 9.17) is 0 Å². The van der Waals surface area contributed by atoms with Gasteiger partial charge in [0.1, 0.15) is 5.82 Å². The average molecular weight is 315 g/mol. The maximum atomic E-state index is 12.2. The molecule has 7 heteroatoms. The van der Waals surface area contributed by atoms with E-state index in [2.05, 4.69) is 27.1 Å². The molecule has 23 heavy (non-hydrogen) atoms. The molecule has 0 amide bonds. The molecule has 2 N–H and O–H groups in total. The van der Waals surface area contributed by atoms with E-state index in [1.54, 1.807) is 17.0 Å². The van der Waals surface area contributed by atoms with Crippen LogP contribution >= 0.6 is 0 Å². The topological polar surface area (TPSA) is 83.0 Å². The van der Waals surface area contributed by atoms with Gasteiger partial charge in [-0.05, 0) is 18.1 Å². The van der Waals surface area contributed by atoms with Gasteiger partial charge < -0.3 is 5.32 Å². The standard InChI is InChI=1S/C16H21N5O2/c1-2-3-7-20-10-13-14(18-11-20)21(16(23)19-15(13)22)9-12-5-4-6-17-8-12/h4-6,8,18H,2-3,7,9-11H2,1H3,(H,19,22,23). The maximum absolute atomic E-state index is 12.2. The smallest absolute Gasteiger partial charge is 0.330 e. The largest absolute Gasteiger partial charge is 0.358 e. The average Bonchev–Trinajstić information content (AvgIpc) is 2.57. The van der Waals surface area contributed by atoms with Gasteiger partial charge in [-0.2, -0.15) is 0 Å². The number of rotatable bonds is 5. The molecular weight excluding hydrogens is 294 g/mol. The fourth-order valence-corrected chi connectivity index (χ4v) is 2.79. The summed E-state index contributed by atoms with van der Waals surface area (Å²) in [4.78, 5) is 33.0. The first-order chi connectivity index (χ1) is 11.2. The van der Waals surface area contributed by atoms with Gasteiger partial charge in [0.05, 0.1) is 18.8 Å². The van der Waals surface area contributed by atoms with Gasteiger partial charge in [-0.25, -0.2) is 4.79 Å².